The number of carbonyl (C=O) groups is 1. The summed E-state index contributed by atoms with van der Waals surface area (Å²) < 4.78 is 10.8. The van der Waals surface area contributed by atoms with Crippen molar-refractivity contribution in [2.75, 3.05) is 6.54 Å². The number of hydrogen-bond acceptors (Lipinski definition) is 4. The Balaban J connectivity index is 1.55. The van der Waals surface area contributed by atoms with Gasteiger partial charge in [0.05, 0.1) is 12.4 Å². The molecule has 0 saturated heterocycles. The minimum Gasteiger partial charge on any atom is -0.489 e. The summed E-state index contributed by atoms with van der Waals surface area (Å²) in [5.41, 5.74) is 1.74. The van der Waals surface area contributed by atoms with Crippen LogP contribution >= 0.6 is 0 Å². The molecule has 3 rings (SSSR count). The summed E-state index contributed by atoms with van der Waals surface area (Å²) in [5.74, 6) is 0.519. The maximum Gasteiger partial charge on any atom is 0.287 e. The Morgan fingerprint density at radius 2 is 1.92 bits per heavy atom. The highest BCUT2D eigenvalue weighted by atomic mass is 16.5. The molecule has 0 saturated carbocycles. The Bertz CT molecular complexity index is 800. The molecule has 0 bridgehead atoms. The van der Waals surface area contributed by atoms with E-state index in [1.165, 1.54) is 6.26 Å². The second-order valence-electron chi connectivity index (χ2n) is 5.55. The molecule has 3 aromatic rings. The van der Waals surface area contributed by atoms with Crippen molar-refractivity contribution in [3.8, 4) is 5.75 Å². The second kappa shape index (κ2) is 8.17. The summed E-state index contributed by atoms with van der Waals surface area (Å²) in [6.45, 7) is 0.539. The van der Waals surface area contributed by atoms with Crippen molar-refractivity contribution in [2.45, 2.75) is 12.7 Å². The molecule has 5 nitrogen and oxygen atoms in total. The molecule has 1 amide bonds. The Morgan fingerprint density at radius 3 is 2.68 bits per heavy atom. The van der Waals surface area contributed by atoms with E-state index >= 15 is 0 Å². The SMILES string of the molecule is O=C(NCC(O)c1cccc(OCc2ccccc2)c1)c1ccco1. The number of carbonyl (C=O) groups excluding carboxylic acids is 1. The fraction of sp³-hybridized carbons (Fsp3) is 0.150. The van der Waals surface area contributed by atoms with Crippen LogP contribution in [0.25, 0.3) is 0 Å². The summed E-state index contributed by atoms with van der Waals surface area (Å²) in [7, 11) is 0. The lowest BCUT2D eigenvalue weighted by molar-refractivity contribution is 0.0889. The number of aliphatic hydroxyl groups excluding tert-OH is 1. The molecule has 2 aromatic carbocycles. The molecular weight excluding hydrogens is 318 g/mol. The lowest BCUT2D eigenvalue weighted by atomic mass is 10.1. The molecule has 0 aliphatic carbocycles. The highest BCUT2D eigenvalue weighted by Crippen LogP contribution is 2.20. The fourth-order valence-corrected chi connectivity index (χ4v) is 2.35. The van der Waals surface area contributed by atoms with Gasteiger partial charge in [-0.25, -0.2) is 0 Å². The van der Waals surface area contributed by atoms with E-state index in [9.17, 15) is 9.90 Å². The second-order valence-corrected chi connectivity index (χ2v) is 5.55. The van der Waals surface area contributed by atoms with E-state index in [0.717, 1.165) is 5.56 Å². The van der Waals surface area contributed by atoms with Gasteiger partial charge >= 0.3 is 0 Å². The predicted molar refractivity (Wildman–Crippen MR) is 93.2 cm³/mol. The molecule has 1 heterocycles. The first-order valence-electron chi connectivity index (χ1n) is 7.99. The van der Waals surface area contributed by atoms with Gasteiger partial charge in [-0.2, -0.15) is 0 Å². The molecule has 1 atom stereocenters. The lowest BCUT2D eigenvalue weighted by Crippen LogP contribution is -2.28. The number of rotatable bonds is 7. The van der Waals surface area contributed by atoms with Gasteiger partial charge in [0, 0.05) is 6.54 Å². The van der Waals surface area contributed by atoms with E-state index in [0.29, 0.717) is 17.9 Å². The summed E-state index contributed by atoms with van der Waals surface area (Å²) in [5, 5.41) is 12.9. The molecule has 25 heavy (non-hydrogen) atoms. The molecule has 0 radical (unpaired) electrons. The number of amides is 1. The lowest BCUT2D eigenvalue weighted by Gasteiger charge is -2.13. The minimum absolute atomic E-state index is 0.0850. The molecule has 128 valence electrons. The summed E-state index contributed by atoms with van der Waals surface area (Å²) >= 11 is 0. The maximum atomic E-state index is 11.8. The van der Waals surface area contributed by atoms with Crippen LogP contribution in [0.1, 0.15) is 27.8 Å². The van der Waals surface area contributed by atoms with Crippen LogP contribution in [-0.4, -0.2) is 17.6 Å². The van der Waals surface area contributed by atoms with E-state index in [1.807, 2.05) is 42.5 Å². The molecule has 0 aliphatic rings. The van der Waals surface area contributed by atoms with E-state index in [2.05, 4.69) is 5.32 Å². The first-order chi connectivity index (χ1) is 12.2. The van der Waals surface area contributed by atoms with Gasteiger partial charge in [0.2, 0.25) is 0 Å². The zero-order chi connectivity index (χ0) is 17.5. The van der Waals surface area contributed by atoms with Crippen LogP contribution < -0.4 is 10.1 Å². The molecule has 0 aliphatic heterocycles. The molecule has 5 heteroatoms. The molecule has 0 spiro atoms. The Kier molecular flexibility index (Phi) is 5.49. The van der Waals surface area contributed by atoms with Gasteiger partial charge in [-0.15, -0.1) is 0 Å². The van der Waals surface area contributed by atoms with Gasteiger partial charge in [-0.3, -0.25) is 4.79 Å². The van der Waals surface area contributed by atoms with Gasteiger partial charge in [-0.1, -0.05) is 42.5 Å². The van der Waals surface area contributed by atoms with Crippen molar-refractivity contribution in [1.82, 2.24) is 5.32 Å². The van der Waals surface area contributed by atoms with Crippen molar-refractivity contribution >= 4 is 5.91 Å². The van der Waals surface area contributed by atoms with Crippen LogP contribution in [0.2, 0.25) is 0 Å². The molecular formula is C20H19NO4. The summed E-state index contributed by atoms with van der Waals surface area (Å²) in [6.07, 6.45) is 0.595. The van der Waals surface area contributed by atoms with Crippen molar-refractivity contribution in [1.29, 1.82) is 0 Å². The third-order valence-electron chi connectivity index (χ3n) is 3.69. The molecule has 1 unspecified atom stereocenters. The maximum absolute atomic E-state index is 11.8. The van der Waals surface area contributed by atoms with Gasteiger partial charge in [0.15, 0.2) is 5.76 Å². The smallest absolute Gasteiger partial charge is 0.287 e. The number of furan rings is 1. The Hall–Kier alpha value is -3.05. The topological polar surface area (TPSA) is 71.7 Å². The van der Waals surface area contributed by atoms with E-state index in [1.54, 1.807) is 24.3 Å². The van der Waals surface area contributed by atoms with E-state index < -0.39 is 6.10 Å². The van der Waals surface area contributed by atoms with E-state index in [4.69, 9.17) is 9.15 Å². The van der Waals surface area contributed by atoms with Gasteiger partial charge in [0.1, 0.15) is 12.4 Å². The third kappa shape index (κ3) is 4.71. The largest absolute Gasteiger partial charge is 0.489 e. The summed E-state index contributed by atoms with van der Waals surface area (Å²) in [6, 6.07) is 20.3. The van der Waals surface area contributed by atoms with Gasteiger partial charge < -0.3 is 19.6 Å². The Labute approximate surface area is 145 Å². The average molecular weight is 337 g/mol. The van der Waals surface area contributed by atoms with Crippen molar-refractivity contribution < 1.29 is 19.1 Å². The van der Waals surface area contributed by atoms with Gasteiger partial charge in [0.25, 0.3) is 5.91 Å². The number of hydrogen-bond donors (Lipinski definition) is 2. The number of nitrogens with one attached hydrogen (secondary N) is 1. The van der Waals surface area contributed by atoms with Crippen LogP contribution in [0, 0.1) is 0 Å². The van der Waals surface area contributed by atoms with Crippen LogP contribution in [-0.2, 0) is 6.61 Å². The fourth-order valence-electron chi connectivity index (χ4n) is 2.35. The summed E-state index contributed by atoms with van der Waals surface area (Å²) in [4.78, 5) is 11.8. The zero-order valence-electron chi connectivity index (χ0n) is 13.6. The first-order valence-corrected chi connectivity index (χ1v) is 7.99. The molecule has 0 fully saturated rings. The van der Waals surface area contributed by atoms with Crippen LogP contribution in [0.15, 0.2) is 77.4 Å². The average Bonchev–Trinajstić information content (AvgIpc) is 3.20. The highest BCUT2D eigenvalue weighted by Gasteiger charge is 2.13. The minimum atomic E-state index is -0.834. The Morgan fingerprint density at radius 1 is 1.08 bits per heavy atom. The van der Waals surface area contributed by atoms with Gasteiger partial charge in [-0.05, 0) is 35.4 Å². The van der Waals surface area contributed by atoms with Crippen LogP contribution in [0.4, 0.5) is 0 Å². The zero-order valence-corrected chi connectivity index (χ0v) is 13.6. The normalized spacial score (nSPS) is 11.7. The monoisotopic (exact) mass is 337 g/mol. The predicted octanol–water partition coefficient (Wildman–Crippen LogP) is 3.32. The number of ether oxygens (including phenoxy) is 1. The van der Waals surface area contributed by atoms with E-state index in [-0.39, 0.29) is 18.2 Å². The van der Waals surface area contributed by atoms with Crippen LogP contribution in [0.5, 0.6) is 5.75 Å². The van der Waals surface area contributed by atoms with Crippen LogP contribution in [0.3, 0.4) is 0 Å². The molecule has 2 N–H and O–H groups in total. The number of aliphatic hydroxyl groups is 1. The van der Waals surface area contributed by atoms with Crippen molar-refractivity contribution in [2.24, 2.45) is 0 Å². The van der Waals surface area contributed by atoms with Crippen molar-refractivity contribution in [3.63, 3.8) is 0 Å². The van der Waals surface area contributed by atoms with Crippen molar-refractivity contribution in [3.05, 3.63) is 89.9 Å². The molecule has 1 aromatic heterocycles. The quantitative estimate of drug-likeness (QED) is 0.694. The standard InChI is InChI=1S/C20H19NO4/c22-18(13-21-20(23)19-10-5-11-24-19)16-8-4-9-17(12-16)25-14-15-6-2-1-3-7-15/h1-12,18,22H,13-14H2,(H,21,23). The number of benzene rings is 2. The third-order valence-corrected chi connectivity index (χ3v) is 3.69. The first kappa shape index (κ1) is 16.8. The highest BCUT2D eigenvalue weighted by molar-refractivity contribution is 5.91.